The second kappa shape index (κ2) is 7.90. The van der Waals surface area contributed by atoms with Crippen LogP contribution >= 0.6 is 34.8 Å². The molecular formula is C16H13IN2OS. The smallest absolute Gasteiger partial charge is 0.250 e. The second-order valence-corrected chi connectivity index (χ2v) is 5.85. The first kappa shape index (κ1) is 15.7. The van der Waals surface area contributed by atoms with Crippen LogP contribution in [0, 0.1) is 3.57 Å². The van der Waals surface area contributed by atoms with Crippen molar-refractivity contribution >= 4 is 57.6 Å². The molecule has 0 unspecified atom stereocenters. The van der Waals surface area contributed by atoms with Gasteiger partial charge in [0.25, 0.3) is 0 Å². The maximum absolute atomic E-state index is 11.7. The van der Waals surface area contributed by atoms with E-state index in [0.29, 0.717) is 0 Å². The number of rotatable bonds is 3. The van der Waals surface area contributed by atoms with Gasteiger partial charge in [0.05, 0.1) is 0 Å². The molecule has 1 amide bonds. The molecular weight excluding hydrogens is 395 g/mol. The van der Waals surface area contributed by atoms with Crippen LogP contribution in [0.1, 0.15) is 5.56 Å². The molecule has 106 valence electrons. The number of thiocarbonyl (C=S) groups is 1. The normalized spacial score (nSPS) is 10.3. The monoisotopic (exact) mass is 408 g/mol. The Morgan fingerprint density at radius 2 is 1.71 bits per heavy atom. The van der Waals surface area contributed by atoms with Gasteiger partial charge in [-0.05, 0) is 70.7 Å². The fraction of sp³-hybridized carbons (Fsp3) is 0. The highest BCUT2D eigenvalue weighted by molar-refractivity contribution is 14.1. The second-order valence-electron chi connectivity index (χ2n) is 4.19. The van der Waals surface area contributed by atoms with Crippen molar-refractivity contribution in [3.63, 3.8) is 0 Å². The maximum Gasteiger partial charge on any atom is 0.250 e. The van der Waals surface area contributed by atoms with Gasteiger partial charge < -0.3 is 5.32 Å². The zero-order valence-corrected chi connectivity index (χ0v) is 14.0. The van der Waals surface area contributed by atoms with Crippen LogP contribution in [0.2, 0.25) is 0 Å². The zero-order chi connectivity index (χ0) is 15.1. The van der Waals surface area contributed by atoms with Crippen LogP contribution in [0.4, 0.5) is 5.69 Å². The molecule has 0 saturated carbocycles. The molecule has 0 atom stereocenters. The fourth-order valence-corrected chi connectivity index (χ4v) is 2.16. The van der Waals surface area contributed by atoms with Gasteiger partial charge in [0.1, 0.15) is 0 Å². The molecule has 3 nitrogen and oxygen atoms in total. The first-order valence-corrected chi connectivity index (χ1v) is 7.73. The average Bonchev–Trinajstić information content (AvgIpc) is 2.48. The van der Waals surface area contributed by atoms with E-state index < -0.39 is 0 Å². The standard InChI is InChI=1S/C16H13IN2OS/c17-13-7-9-14(10-8-13)18-16(21)19-15(20)11-6-12-4-2-1-3-5-12/h1-11H,(H2,18,19,20,21)/b11-6+. The van der Waals surface area contributed by atoms with Gasteiger partial charge in [0.2, 0.25) is 5.91 Å². The molecule has 0 aliphatic rings. The fourth-order valence-electron chi connectivity index (χ4n) is 1.59. The number of carbonyl (C=O) groups is 1. The Morgan fingerprint density at radius 3 is 2.38 bits per heavy atom. The molecule has 0 aliphatic carbocycles. The van der Waals surface area contributed by atoms with Crippen LogP contribution in [0.15, 0.2) is 60.7 Å². The number of hydrogen-bond donors (Lipinski definition) is 2. The van der Waals surface area contributed by atoms with Crippen LogP contribution in [0.5, 0.6) is 0 Å². The molecule has 2 rings (SSSR count). The van der Waals surface area contributed by atoms with Crippen LogP contribution in [-0.4, -0.2) is 11.0 Å². The predicted molar refractivity (Wildman–Crippen MR) is 99.0 cm³/mol. The molecule has 0 radical (unpaired) electrons. The Hall–Kier alpha value is -1.73. The summed E-state index contributed by atoms with van der Waals surface area (Å²) in [7, 11) is 0. The summed E-state index contributed by atoms with van der Waals surface area (Å²) in [6.45, 7) is 0. The molecule has 5 heteroatoms. The molecule has 0 aliphatic heterocycles. The Labute approximate surface area is 142 Å². The largest absolute Gasteiger partial charge is 0.332 e. The lowest BCUT2D eigenvalue weighted by Gasteiger charge is -2.07. The van der Waals surface area contributed by atoms with Crippen LogP contribution in [0.3, 0.4) is 0 Å². The number of benzene rings is 2. The highest BCUT2D eigenvalue weighted by Gasteiger charge is 2.01. The van der Waals surface area contributed by atoms with Crippen LogP contribution in [-0.2, 0) is 4.79 Å². The lowest BCUT2D eigenvalue weighted by molar-refractivity contribution is -0.115. The van der Waals surface area contributed by atoms with Crippen molar-refractivity contribution in [1.29, 1.82) is 0 Å². The SMILES string of the molecule is O=C(/C=C/c1ccccc1)NC(=S)Nc1ccc(I)cc1. The minimum Gasteiger partial charge on any atom is -0.332 e. The van der Waals surface area contributed by atoms with Crippen LogP contribution in [0.25, 0.3) is 6.08 Å². The molecule has 0 fully saturated rings. The highest BCUT2D eigenvalue weighted by Crippen LogP contribution is 2.10. The number of anilines is 1. The van der Waals surface area contributed by atoms with Gasteiger partial charge in [-0.1, -0.05) is 30.3 Å². The summed E-state index contributed by atoms with van der Waals surface area (Å²) in [6.07, 6.45) is 3.19. The summed E-state index contributed by atoms with van der Waals surface area (Å²) >= 11 is 7.32. The van der Waals surface area contributed by atoms with Crippen LogP contribution < -0.4 is 10.6 Å². The molecule has 0 heterocycles. The summed E-state index contributed by atoms with van der Waals surface area (Å²) in [5.74, 6) is -0.262. The van der Waals surface area contributed by atoms with E-state index >= 15 is 0 Å². The Balaban J connectivity index is 1.86. The van der Waals surface area contributed by atoms with E-state index in [-0.39, 0.29) is 11.0 Å². The van der Waals surface area contributed by atoms with E-state index in [1.165, 1.54) is 6.08 Å². The number of carbonyl (C=O) groups excluding carboxylic acids is 1. The number of amides is 1. The zero-order valence-electron chi connectivity index (χ0n) is 11.0. The molecule has 0 saturated heterocycles. The molecule has 0 aromatic heterocycles. The van der Waals surface area contributed by atoms with Crippen molar-refractivity contribution in [2.45, 2.75) is 0 Å². The van der Waals surface area contributed by atoms with Crippen molar-refractivity contribution in [2.24, 2.45) is 0 Å². The van der Waals surface area contributed by atoms with E-state index in [4.69, 9.17) is 12.2 Å². The third-order valence-corrected chi connectivity index (χ3v) is 3.49. The van der Waals surface area contributed by atoms with E-state index in [9.17, 15) is 4.79 Å². The van der Waals surface area contributed by atoms with Crippen molar-refractivity contribution in [3.8, 4) is 0 Å². The minimum atomic E-state index is -0.262. The molecule has 0 bridgehead atoms. The van der Waals surface area contributed by atoms with Gasteiger partial charge in [0, 0.05) is 15.3 Å². The maximum atomic E-state index is 11.7. The molecule has 2 aromatic rings. The van der Waals surface area contributed by atoms with Gasteiger partial charge in [-0.2, -0.15) is 0 Å². The third kappa shape index (κ3) is 5.65. The molecule has 2 N–H and O–H groups in total. The Kier molecular flexibility index (Phi) is 5.89. The Bertz CT molecular complexity index is 654. The van der Waals surface area contributed by atoms with Gasteiger partial charge >= 0.3 is 0 Å². The minimum absolute atomic E-state index is 0.262. The quantitative estimate of drug-likeness (QED) is 0.461. The van der Waals surface area contributed by atoms with Crippen molar-refractivity contribution < 1.29 is 4.79 Å². The van der Waals surface area contributed by atoms with Crippen molar-refractivity contribution in [2.75, 3.05) is 5.32 Å². The lowest BCUT2D eigenvalue weighted by Crippen LogP contribution is -2.32. The average molecular weight is 408 g/mol. The lowest BCUT2D eigenvalue weighted by atomic mass is 10.2. The van der Waals surface area contributed by atoms with Gasteiger partial charge in [0.15, 0.2) is 5.11 Å². The highest BCUT2D eigenvalue weighted by atomic mass is 127. The summed E-state index contributed by atoms with van der Waals surface area (Å²) in [4.78, 5) is 11.7. The molecule has 21 heavy (non-hydrogen) atoms. The first-order valence-electron chi connectivity index (χ1n) is 6.24. The number of halogens is 1. The van der Waals surface area contributed by atoms with Gasteiger partial charge in [-0.3, -0.25) is 10.1 Å². The summed E-state index contributed by atoms with van der Waals surface area (Å²) < 4.78 is 1.14. The van der Waals surface area contributed by atoms with Crippen molar-refractivity contribution in [3.05, 3.63) is 69.8 Å². The summed E-state index contributed by atoms with van der Waals surface area (Å²) in [5, 5.41) is 5.84. The predicted octanol–water partition coefficient (Wildman–Crippen LogP) is 3.82. The first-order chi connectivity index (χ1) is 10.1. The number of hydrogen-bond acceptors (Lipinski definition) is 2. The Morgan fingerprint density at radius 1 is 1.05 bits per heavy atom. The number of nitrogens with one attached hydrogen (secondary N) is 2. The van der Waals surface area contributed by atoms with E-state index in [2.05, 4.69) is 33.2 Å². The third-order valence-electron chi connectivity index (χ3n) is 2.57. The van der Waals surface area contributed by atoms with E-state index in [1.807, 2.05) is 54.6 Å². The van der Waals surface area contributed by atoms with Gasteiger partial charge in [-0.15, -0.1) is 0 Å². The van der Waals surface area contributed by atoms with Crippen molar-refractivity contribution in [1.82, 2.24) is 5.32 Å². The summed E-state index contributed by atoms with van der Waals surface area (Å²) in [6, 6.07) is 17.3. The summed E-state index contributed by atoms with van der Waals surface area (Å²) in [5.41, 5.74) is 1.80. The van der Waals surface area contributed by atoms with E-state index in [0.717, 1.165) is 14.8 Å². The van der Waals surface area contributed by atoms with E-state index in [1.54, 1.807) is 6.08 Å². The molecule has 0 spiro atoms. The topological polar surface area (TPSA) is 41.1 Å². The molecule has 2 aromatic carbocycles. The van der Waals surface area contributed by atoms with Gasteiger partial charge in [-0.25, -0.2) is 0 Å².